The summed E-state index contributed by atoms with van der Waals surface area (Å²) in [6, 6.07) is 1.68. The van der Waals surface area contributed by atoms with Crippen LogP contribution in [0.15, 0.2) is 12.3 Å². The SMILES string of the molecule is CCOCc1nc(N)cc(Nc2cn(C)nc2C)n1. The molecule has 0 radical (unpaired) electrons. The van der Waals surface area contributed by atoms with Crippen LogP contribution in [0.2, 0.25) is 0 Å². The summed E-state index contributed by atoms with van der Waals surface area (Å²) in [4.78, 5) is 8.47. The van der Waals surface area contributed by atoms with Crippen LogP contribution in [0.4, 0.5) is 17.3 Å². The maximum absolute atomic E-state index is 5.76. The number of anilines is 3. The zero-order chi connectivity index (χ0) is 13.8. The molecule has 0 spiro atoms. The number of nitrogens with one attached hydrogen (secondary N) is 1. The van der Waals surface area contributed by atoms with Crippen molar-refractivity contribution >= 4 is 17.3 Å². The van der Waals surface area contributed by atoms with E-state index in [4.69, 9.17) is 10.5 Å². The molecule has 0 aliphatic carbocycles. The third-order valence-corrected chi connectivity index (χ3v) is 2.50. The lowest BCUT2D eigenvalue weighted by Crippen LogP contribution is -2.05. The highest BCUT2D eigenvalue weighted by Crippen LogP contribution is 2.18. The first-order valence-electron chi connectivity index (χ1n) is 6.07. The Hall–Kier alpha value is -2.15. The van der Waals surface area contributed by atoms with Gasteiger partial charge in [-0.15, -0.1) is 0 Å². The Morgan fingerprint density at radius 3 is 2.84 bits per heavy atom. The minimum absolute atomic E-state index is 0.349. The molecule has 0 saturated carbocycles. The molecule has 19 heavy (non-hydrogen) atoms. The predicted molar refractivity (Wildman–Crippen MR) is 73.0 cm³/mol. The van der Waals surface area contributed by atoms with Gasteiger partial charge in [0.25, 0.3) is 0 Å². The fraction of sp³-hybridized carbons (Fsp3) is 0.417. The van der Waals surface area contributed by atoms with Crippen LogP contribution >= 0.6 is 0 Å². The van der Waals surface area contributed by atoms with E-state index in [0.717, 1.165) is 11.4 Å². The Morgan fingerprint density at radius 2 is 2.21 bits per heavy atom. The summed E-state index contributed by atoms with van der Waals surface area (Å²) in [5, 5.41) is 7.44. The molecule has 0 aliphatic heterocycles. The average molecular weight is 262 g/mol. The highest BCUT2D eigenvalue weighted by molar-refractivity contribution is 5.59. The van der Waals surface area contributed by atoms with Crippen molar-refractivity contribution in [2.45, 2.75) is 20.5 Å². The van der Waals surface area contributed by atoms with Crippen LogP contribution < -0.4 is 11.1 Å². The first-order chi connectivity index (χ1) is 9.08. The van der Waals surface area contributed by atoms with E-state index in [1.54, 1.807) is 10.7 Å². The first kappa shape index (κ1) is 13.3. The number of nitrogens with two attached hydrogens (primary N) is 1. The number of aromatic nitrogens is 4. The summed E-state index contributed by atoms with van der Waals surface area (Å²) in [6.45, 7) is 4.81. The molecule has 0 aromatic carbocycles. The normalized spacial score (nSPS) is 10.7. The zero-order valence-corrected chi connectivity index (χ0v) is 11.3. The number of nitrogens with zero attached hydrogens (tertiary/aromatic N) is 4. The van der Waals surface area contributed by atoms with Gasteiger partial charge in [-0.2, -0.15) is 5.10 Å². The van der Waals surface area contributed by atoms with Crippen molar-refractivity contribution in [1.82, 2.24) is 19.7 Å². The van der Waals surface area contributed by atoms with Crippen LogP contribution in [0, 0.1) is 6.92 Å². The number of hydrogen-bond acceptors (Lipinski definition) is 6. The molecule has 7 nitrogen and oxygen atoms in total. The van der Waals surface area contributed by atoms with Gasteiger partial charge in [0.2, 0.25) is 0 Å². The molecule has 2 aromatic heterocycles. The summed E-state index contributed by atoms with van der Waals surface area (Å²) < 4.78 is 7.02. The van der Waals surface area contributed by atoms with Crippen molar-refractivity contribution in [2.24, 2.45) is 7.05 Å². The lowest BCUT2D eigenvalue weighted by molar-refractivity contribution is 0.128. The summed E-state index contributed by atoms with van der Waals surface area (Å²) in [5.41, 5.74) is 7.55. The lowest BCUT2D eigenvalue weighted by Gasteiger charge is -2.07. The monoisotopic (exact) mass is 262 g/mol. The second kappa shape index (κ2) is 5.66. The highest BCUT2D eigenvalue weighted by Gasteiger charge is 2.07. The van der Waals surface area contributed by atoms with Crippen molar-refractivity contribution in [3.63, 3.8) is 0 Å². The molecular formula is C12H18N6O. The Morgan fingerprint density at radius 1 is 1.42 bits per heavy atom. The van der Waals surface area contributed by atoms with Crippen LogP contribution in [-0.2, 0) is 18.4 Å². The van der Waals surface area contributed by atoms with Gasteiger partial charge >= 0.3 is 0 Å². The molecule has 7 heteroatoms. The van der Waals surface area contributed by atoms with Crippen LogP contribution in [-0.4, -0.2) is 26.4 Å². The fourth-order valence-corrected chi connectivity index (χ4v) is 1.70. The van der Waals surface area contributed by atoms with Crippen molar-refractivity contribution in [1.29, 1.82) is 0 Å². The topological polar surface area (TPSA) is 90.9 Å². The van der Waals surface area contributed by atoms with E-state index in [9.17, 15) is 0 Å². The molecule has 0 bridgehead atoms. The first-order valence-corrected chi connectivity index (χ1v) is 6.07. The maximum Gasteiger partial charge on any atom is 0.158 e. The number of hydrogen-bond donors (Lipinski definition) is 2. The third kappa shape index (κ3) is 3.41. The third-order valence-electron chi connectivity index (χ3n) is 2.50. The van der Waals surface area contributed by atoms with Gasteiger partial charge in [-0.05, 0) is 13.8 Å². The van der Waals surface area contributed by atoms with Gasteiger partial charge < -0.3 is 15.8 Å². The van der Waals surface area contributed by atoms with E-state index in [0.29, 0.717) is 30.7 Å². The lowest BCUT2D eigenvalue weighted by atomic mass is 10.4. The van der Waals surface area contributed by atoms with E-state index in [1.807, 2.05) is 27.1 Å². The molecule has 2 heterocycles. The van der Waals surface area contributed by atoms with Gasteiger partial charge in [0.15, 0.2) is 5.82 Å². The van der Waals surface area contributed by atoms with Crippen molar-refractivity contribution in [3.05, 3.63) is 23.8 Å². The number of aryl methyl sites for hydroxylation is 2. The molecule has 102 valence electrons. The standard InChI is InChI=1S/C12H18N6O/c1-4-19-7-12-15-10(13)5-11(16-12)14-9-6-18(3)17-8(9)2/h5-6H,4,7H2,1-3H3,(H3,13,14,15,16). The van der Waals surface area contributed by atoms with Crippen molar-refractivity contribution in [3.8, 4) is 0 Å². The molecule has 0 fully saturated rings. The number of ether oxygens (including phenoxy) is 1. The number of nitrogen functional groups attached to an aromatic ring is 1. The van der Waals surface area contributed by atoms with Crippen LogP contribution in [0.5, 0.6) is 0 Å². The molecule has 0 amide bonds. The van der Waals surface area contributed by atoms with Crippen LogP contribution in [0.3, 0.4) is 0 Å². The zero-order valence-electron chi connectivity index (χ0n) is 11.3. The Balaban J connectivity index is 2.20. The van der Waals surface area contributed by atoms with E-state index < -0.39 is 0 Å². The Labute approximate surface area is 111 Å². The van der Waals surface area contributed by atoms with Crippen molar-refractivity contribution in [2.75, 3.05) is 17.7 Å². The van der Waals surface area contributed by atoms with Gasteiger partial charge in [-0.1, -0.05) is 0 Å². The maximum atomic E-state index is 5.76. The smallest absolute Gasteiger partial charge is 0.158 e. The van der Waals surface area contributed by atoms with Gasteiger partial charge in [0, 0.05) is 25.9 Å². The summed E-state index contributed by atoms with van der Waals surface area (Å²) in [6.07, 6.45) is 1.88. The quantitative estimate of drug-likeness (QED) is 0.846. The Kier molecular flexibility index (Phi) is 3.96. The molecule has 3 N–H and O–H groups in total. The van der Waals surface area contributed by atoms with Gasteiger partial charge in [0.05, 0.1) is 11.4 Å². The fourth-order valence-electron chi connectivity index (χ4n) is 1.70. The molecule has 0 unspecified atom stereocenters. The van der Waals surface area contributed by atoms with Gasteiger partial charge in [-0.25, -0.2) is 9.97 Å². The highest BCUT2D eigenvalue weighted by atomic mass is 16.5. The van der Waals surface area contributed by atoms with E-state index in [1.165, 1.54) is 0 Å². The Bertz CT molecular complexity index is 565. The second-order valence-electron chi connectivity index (χ2n) is 4.16. The van der Waals surface area contributed by atoms with Crippen LogP contribution in [0.1, 0.15) is 18.4 Å². The predicted octanol–water partition coefficient (Wildman–Crippen LogP) is 1.38. The largest absolute Gasteiger partial charge is 0.384 e. The van der Waals surface area contributed by atoms with E-state index in [2.05, 4.69) is 20.4 Å². The van der Waals surface area contributed by atoms with Gasteiger partial charge in [0.1, 0.15) is 18.2 Å². The summed E-state index contributed by atoms with van der Waals surface area (Å²) in [7, 11) is 1.87. The summed E-state index contributed by atoms with van der Waals surface area (Å²) in [5.74, 6) is 1.61. The van der Waals surface area contributed by atoms with Crippen LogP contribution in [0.25, 0.3) is 0 Å². The number of rotatable bonds is 5. The molecule has 0 atom stereocenters. The molecule has 0 aliphatic rings. The minimum atomic E-state index is 0.349. The molecule has 2 rings (SSSR count). The average Bonchev–Trinajstić information content (AvgIpc) is 2.64. The van der Waals surface area contributed by atoms with Crippen molar-refractivity contribution < 1.29 is 4.74 Å². The van der Waals surface area contributed by atoms with Gasteiger partial charge in [-0.3, -0.25) is 4.68 Å². The second-order valence-corrected chi connectivity index (χ2v) is 4.16. The van der Waals surface area contributed by atoms with E-state index in [-0.39, 0.29) is 0 Å². The molecule has 0 saturated heterocycles. The summed E-state index contributed by atoms with van der Waals surface area (Å²) >= 11 is 0. The van der Waals surface area contributed by atoms with E-state index >= 15 is 0 Å². The minimum Gasteiger partial charge on any atom is -0.384 e. The molecular weight excluding hydrogens is 244 g/mol. The molecule has 2 aromatic rings.